The van der Waals surface area contributed by atoms with E-state index in [0.29, 0.717) is 29.0 Å². The van der Waals surface area contributed by atoms with Crippen molar-refractivity contribution in [1.82, 2.24) is 4.98 Å². The molecule has 35 heavy (non-hydrogen) atoms. The van der Waals surface area contributed by atoms with E-state index >= 15 is 0 Å². The van der Waals surface area contributed by atoms with E-state index in [1.807, 2.05) is 41.0 Å². The summed E-state index contributed by atoms with van der Waals surface area (Å²) < 4.78 is 23.6. The number of methoxy groups -OCH3 is 3. The van der Waals surface area contributed by atoms with Gasteiger partial charge in [-0.25, -0.2) is 19.7 Å². The number of guanidine groups is 1. The van der Waals surface area contributed by atoms with Crippen LogP contribution in [0.25, 0.3) is 11.0 Å². The minimum absolute atomic E-state index is 0.262. The third-order valence-corrected chi connectivity index (χ3v) is 5.70. The van der Waals surface area contributed by atoms with Crippen molar-refractivity contribution in [3.05, 3.63) is 71.8 Å². The van der Waals surface area contributed by atoms with Crippen LogP contribution < -0.4 is 34.6 Å². The van der Waals surface area contributed by atoms with Gasteiger partial charge >= 0.3 is 11.9 Å². The second kappa shape index (κ2) is 8.90. The number of carbonyl (C=O) groups is 1. The highest BCUT2D eigenvalue weighted by Gasteiger charge is 2.31. The van der Waals surface area contributed by atoms with E-state index in [9.17, 15) is 4.79 Å². The highest BCUT2D eigenvalue weighted by molar-refractivity contribution is 5.93. The van der Waals surface area contributed by atoms with Crippen LogP contribution in [0.3, 0.4) is 0 Å². The van der Waals surface area contributed by atoms with Gasteiger partial charge in [-0.15, -0.1) is 0 Å². The molecule has 0 bridgehead atoms. The van der Waals surface area contributed by atoms with Crippen LogP contribution in [0.4, 0.5) is 5.95 Å². The van der Waals surface area contributed by atoms with Crippen molar-refractivity contribution in [2.24, 2.45) is 10.7 Å². The number of carbonyl (C=O) groups excluding carboxylic acids is 1. The quantitative estimate of drug-likeness (QED) is 0.223. The normalized spacial score (nSPS) is 14.5. The first kappa shape index (κ1) is 22.1. The predicted octanol–water partition coefficient (Wildman–Crippen LogP) is 2.99. The highest BCUT2D eigenvalue weighted by atomic mass is 16.5. The van der Waals surface area contributed by atoms with Crippen molar-refractivity contribution in [3.8, 4) is 23.0 Å². The number of aliphatic imine (C=N–C) groups is 1. The fraction of sp³-hybridized carbons (Fsp3) is 0.160. The number of H-pyrrole nitrogens is 1. The molecule has 0 spiro atoms. The van der Waals surface area contributed by atoms with E-state index in [2.05, 4.69) is 15.3 Å². The van der Waals surface area contributed by atoms with E-state index in [0.717, 1.165) is 22.5 Å². The summed E-state index contributed by atoms with van der Waals surface area (Å²) in [6.07, 6.45) is -0.387. The molecule has 0 aliphatic carbocycles. The number of aromatic amines is 1. The second-order valence-corrected chi connectivity index (χ2v) is 7.75. The monoisotopic (exact) mass is 474 g/mol. The molecule has 1 aliphatic rings. The van der Waals surface area contributed by atoms with Gasteiger partial charge in [0.15, 0.2) is 11.5 Å². The van der Waals surface area contributed by atoms with E-state index in [1.54, 1.807) is 24.3 Å². The van der Waals surface area contributed by atoms with Crippen LogP contribution in [0, 0.1) is 0 Å². The zero-order valence-electron chi connectivity index (χ0n) is 19.4. The Labute approximate surface area is 200 Å². The smallest absolute Gasteiger partial charge is 0.365 e. The Morgan fingerprint density at radius 3 is 2.31 bits per heavy atom. The molecule has 1 aromatic heterocycles. The third-order valence-electron chi connectivity index (χ3n) is 5.70. The molecule has 0 fully saturated rings. The van der Waals surface area contributed by atoms with E-state index < -0.39 is 5.97 Å². The fourth-order valence-electron chi connectivity index (χ4n) is 4.08. The number of nitrogens with zero attached hydrogens (tertiary/aromatic N) is 2. The Morgan fingerprint density at radius 2 is 1.66 bits per heavy atom. The number of nitrogens with two attached hydrogens (primary N) is 1. The molecule has 2 heterocycles. The number of ether oxygens (including phenoxy) is 4. The van der Waals surface area contributed by atoms with Gasteiger partial charge in [0.25, 0.3) is 5.96 Å². The molecule has 5 rings (SSSR count). The van der Waals surface area contributed by atoms with Crippen molar-refractivity contribution in [2.45, 2.75) is 6.17 Å². The van der Waals surface area contributed by atoms with Gasteiger partial charge in [0.1, 0.15) is 16.8 Å². The molecule has 0 unspecified atom stereocenters. The largest absolute Gasteiger partial charge is 0.493 e. The van der Waals surface area contributed by atoms with Gasteiger partial charge in [-0.05, 0) is 48.5 Å². The molecular formula is C25H24N5O5+. The zero-order valence-corrected chi connectivity index (χ0v) is 19.4. The molecule has 1 atom stereocenters. The topological polar surface area (TPSA) is 124 Å². The lowest BCUT2D eigenvalue weighted by molar-refractivity contribution is -0.674. The van der Waals surface area contributed by atoms with Crippen molar-refractivity contribution in [3.63, 3.8) is 0 Å². The van der Waals surface area contributed by atoms with Gasteiger partial charge in [0.05, 0.1) is 26.9 Å². The number of hydrogen-bond acceptors (Lipinski definition) is 8. The average Bonchev–Trinajstić information content (AvgIpc) is 3.25. The first-order valence-corrected chi connectivity index (χ1v) is 10.8. The van der Waals surface area contributed by atoms with Crippen molar-refractivity contribution in [2.75, 3.05) is 26.6 Å². The van der Waals surface area contributed by atoms with Crippen molar-refractivity contribution < 1.29 is 28.3 Å². The molecule has 0 radical (unpaired) electrons. The maximum atomic E-state index is 12.8. The predicted molar refractivity (Wildman–Crippen MR) is 129 cm³/mol. The minimum atomic E-state index is -0.561. The van der Waals surface area contributed by atoms with Gasteiger partial charge in [0, 0.05) is 5.56 Å². The summed E-state index contributed by atoms with van der Waals surface area (Å²) in [7, 11) is 4.47. The van der Waals surface area contributed by atoms with Gasteiger partial charge in [-0.2, -0.15) is 4.99 Å². The number of esters is 1. The Morgan fingerprint density at radius 1 is 0.971 bits per heavy atom. The summed E-state index contributed by atoms with van der Waals surface area (Å²) in [6, 6.07) is 18.1. The lowest BCUT2D eigenvalue weighted by Gasteiger charge is -2.18. The van der Waals surface area contributed by atoms with Crippen molar-refractivity contribution in [1.29, 1.82) is 0 Å². The molecule has 0 saturated carbocycles. The van der Waals surface area contributed by atoms with Gasteiger partial charge in [-0.3, -0.25) is 0 Å². The number of fused-ring (bicyclic) bond motifs is 3. The first-order valence-electron chi connectivity index (χ1n) is 10.8. The molecule has 1 aliphatic heterocycles. The summed E-state index contributed by atoms with van der Waals surface area (Å²) in [5.74, 6) is 1.98. The number of hydrogen-bond donors (Lipinski definition) is 3. The van der Waals surface area contributed by atoms with Crippen LogP contribution in [0.15, 0.2) is 65.7 Å². The summed E-state index contributed by atoms with van der Waals surface area (Å²) >= 11 is 0. The summed E-state index contributed by atoms with van der Waals surface area (Å²) in [5.41, 5.74) is 9.11. The van der Waals surface area contributed by atoms with Gasteiger partial charge in [0.2, 0.25) is 11.9 Å². The average molecular weight is 474 g/mol. The molecule has 178 valence electrons. The number of para-hydroxylation sites is 2. The molecule has 0 amide bonds. The second-order valence-electron chi connectivity index (χ2n) is 7.75. The highest BCUT2D eigenvalue weighted by Crippen LogP contribution is 2.38. The molecule has 4 N–H and O–H groups in total. The van der Waals surface area contributed by atoms with E-state index in [1.165, 1.54) is 21.3 Å². The van der Waals surface area contributed by atoms with Gasteiger partial charge in [-0.1, -0.05) is 12.1 Å². The number of nitrogens with one attached hydrogen (secondary N) is 2. The maximum absolute atomic E-state index is 12.8. The van der Waals surface area contributed by atoms with Crippen LogP contribution in [0.2, 0.25) is 0 Å². The SMILES string of the molecule is COc1cc(C(=O)Oc2ccc([C@H]3N=C(N)Nc4[nH]c5ccccc5[n+]43)cc2)cc(OC)c1OC. The molecule has 10 nitrogen and oxygen atoms in total. The van der Waals surface area contributed by atoms with Crippen LogP contribution >= 0.6 is 0 Å². The van der Waals surface area contributed by atoms with E-state index in [4.69, 9.17) is 24.7 Å². The zero-order chi connectivity index (χ0) is 24.5. The number of aromatic nitrogens is 2. The lowest BCUT2D eigenvalue weighted by atomic mass is 10.1. The number of anilines is 1. The molecule has 3 aromatic carbocycles. The Kier molecular flexibility index (Phi) is 5.61. The first-order chi connectivity index (χ1) is 17.0. The fourth-order valence-corrected chi connectivity index (χ4v) is 4.08. The Hall–Kier alpha value is -4.73. The minimum Gasteiger partial charge on any atom is -0.493 e. The van der Waals surface area contributed by atoms with Crippen LogP contribution in [-0.4, -0.2) is 38.2 Å². The summed E-state index contributed by atoms with van der Waals surface area (Å²) in [4.78, 5) is 20.7. The lowest BCUT2D eigenvalue weighted by Crippen LogP contribution is -2.48. The van der Waals surface area contributed by atoms with Gasteiger partial charge < -0.3 is 24.7 Å². The summed E-state index contributed by atoms with van der Waals surface area (Å²) in [6.45, 7) is 0. The van der Waals surface area contributed by atoms with Crippen LogP contribution in [-0.2, 0) is 0 Å². The number of rotatable bonds is 6. The molecule has 10 heteroatoms. The molecule has 0 saturated heterocycles. The van der Waals surface area contributed by atoms with Crippen LogP contribution in [0.1, 0.15) is 22.1 Å². The summed E-state index contributed by atoms with van der Waals surface area (Å²) in [5, 5.41) is 3.07. The van der Waals surface area contributed by atoms with E-state index in [-0.39, 0.29) is 11.7 Å². The Bertz CT molecular complexity index is 1420. The van der Waals surface area contributed by atoms with Crippen LogP contribution in [0.5, 0.6) is 23.0 Å². The number of benzene rings is 3. The molecular weight excluding hydrogens is 450 g/mol. The van der Waals surface area contributed by atoms with Crippen molar-refractivity contribution >= 4 is 28.9 Å². The Balaban J connectivity index is 1.41. The third kappa shape index (κ3) is 3.95. The maximum Gasteiger partial charge on any atom is 0.365 e. The number of imidazole rings is 1. The standard InChI is InChI=1S/C25H23N5O5/c1-32-19-12-15(13-20(33-2)21(19)34-3)23(31)35-16-10-8-14(9-11-16)22-28-24(26)29-25-27-17-6-4-5-7-18(17)30(22)25/h4-13,22H,1-3H3,(H3,26,27,28,29)/p+1/t22-/m0/s1. The molecule has 4 aromatic rings.